The van der Waals surface area contributed by atoms with Crippen LogP contribution in [0.25, 0.3) is 0 Å². The number of aliphatic carboxylic acids is 1. The molecule has 0 radical (unpaired) electrons. The normalized spacial score (nSPS) is 10.9. The van der Waals surface area contributed by atoms with Crippen LogP contribution < -0.4 is 15.2 Å². The molecule has 1 aromatic carbocycles. The Morgan fingerprint density at radius 1 is 1.33 bits per heavy atom. The molecule has 8 nitrogen and oxygen atoms in total. The molecule has 0 unspecified atom stereocenters. The molecule has 1 rings (SSSR count). The van der Waals surface area contributed by atoms with E-state index in [1.807, 2.05) is 0 Å². The Morgan fingerprint density at radius 3 is 2.38 bits per heavy atom. The molecule has 3 N–H and O–H groups in total. The first-order valence-corrected chi connectivity index (χ1v) is 7.20. The highest BCUT2D eigenvalue weighted by Gasteiger charge is 2.36. The lowest BCUT2D eigenvalue weighted by Gasteiger charge is -2.31. The summed E-state index contributed by atoms with van der Waals surface area (Å²) in [6.45, 7) is 2.39. The summed E-state index contributed by atoms with van der Waals surface area (Å²) in [6, 6.07) is 2.65. The molecule has 0 atom stereocenters. The van der Waals surface area contributed by atoms with Crippen molar-refractivity contribution in [2.24, 2.45) is 5.73 Å². The summed E-state index contributed by atoms with van der Waals surface area (Å²) in [5, 5.41) is 9.25. The van der Waals surface area contributed by atoms with Gasteiger partial charge in [0.25, 0.3) is 11.8 Å². The van der Waals surface area contributed by atoms with E-state index in [4.69, 9.17) is 26.8 Å². The molecular formula is C15H19ClN2O6. The Kier molecular flexibility index (Phi) is 6.03. The Balaban J connectivity index is 3.22. The number of nitrogens with two attached hydrogens (primary N) is 1. The minimum Gasteiger partial charge on any atom is -0.493 e. The lowest BCUT2D eigenvalue weighted by molar-refractivity contribution is -0.147. The monoisotopic (exact) mass is 358 g/mol. The standard InChI is InChI=1S/C15H19ClN2O6/c1-15(2,14(21)22)18(3)13(20)8-5-9(16)12(10(6-8)23-4)24-7-11(17)19/h5-6H,7H2,1-4H3,(H2,17,19)(H,21,22). The van der Waals surface area contributed by atoms with Crippen molar-refractivity contribution in [2.75, 3.05) is 20.8 Å². The lowest BCUT2D eigenvalue weighted by Crippen LogP contribution is -2.50. The van der Waals surface area contributed by atoms with E-state index in [1.54, 1.807) is 0 Å². The number of primary amides is 1. The van der Waals surface area contributed by atoms with E-state index in [9.17, 15) is 19.5 Å². The summed E-state index contributed by atoms with van der Waals surface area (Å²) in [5.74, 6) is -2.23. The number of nitrogens with zero attached hydrogens (tertiary/aromatic N) is 1. The largest absolute Gasteiger partial charge is 0.493 e. The first-order valence-electron chi connectivity index (χ1n) is 6.82. The van der Waals surface area contributed by atoms with Crippen LogP contribution in [0.2, 0.25) is 5.02 Å². The number of carboxylic acid groups (broad SMARTS) is 1. The van der Waals surface area contributed by atoms with Crippen LogP contribution >= 0.6 is 11.6 Å². The molecule has 0 aliphatic heterocycles. The average molecular weight is 359 g/mol. The molecule has 1 aromatic rings. The van der Waals surface area contributed by atoms with Crippen molar-refractivity contribution in [1.29, 1.82) is 0 Å². The first-order chi connectivity index (χ1) is 11.0. The van der Waals surface area contributed by atoms with Crippen molar-refractivity contribution in [3.63, 3.8) is 0 Å². The second kappa shape index (κ2) is 7.39. The van der Waals surface area contributed by atoms with Gasteiger partial charge in [-0.15, -0.1) is 0 Å². The fraction of sp³-hybridized carbons (Fsp3) is 0.400. The molecule has 0 bridgehead atoms. The third-order valence-corrected chi connectivity index (χ3v) is 3.78. The number of amides is 2. The number of hydrogen-bond donors (Lipinski definition) is 2. The van der Waals surface area contributed by atoms with Gasteiger partial charge >= 0.3 is 5.97 Å². The lowest BCUT2D eigenvalue weighted by atomic mass is 10.0. The highest BCUT2D eigenvalue weighted by molar-refractivity contribution is 6.32. The predicted molar refractivity (Wildman–Crippen MR) is 86.5 cm³/mol. The van der Waals surface area contributed by atoms with Crippen LogP contribution in [0.15, 0.2) is 12.1 Å². The van der Waals surface area contributed by atoms with Crippen molar-refractivity contribution in [2.45, 2.75) is 19.4 Å². The molecule has 24 heavy (non-hydrogen) atoms. The first kappa shape index (κ1) is 19.6. The molecular weight excluding hydrogens is 340 g/mol. The molecule has 0 aliphatic rings. The molecule has 0 aliphatic carbocycles. The van der Waals surface area contributed by atoms with Crippen molar-refractivity contribution >= 4 is 29.4 Å². The van der Waals surface area contributed by atoms with Gasteiger partial charge in [0.15, 0.2) is 18.1 Å². The molecule has 0 aromatic heterocycles. The average Bonchev–Trinajstić information content (AvgIpc) is 2.50. The quantitative estimate of drug-likeness (QED) is 0.754. The van der Waals surface area contributed by atoms with Gasteiger partial charge in [-0.1, -0.05) is 11.6 Å². The van der Waals surface area contributed by atoms with E-state index in [-0.39, 0.29) is 22.1 Å². The topological polar surface area (TPSA) is 119 Å². The highest BCUT2D eigenvalue weighted by Crippen LogP contribution is 2.37. The van der Waals surface area contributed by atoms with Gasteiger partial charge in [0, 0.05) is 12.6 Å². The summed E-state index contributed by atoms with van der Waals surface area (Å²) in [7, 11) is 2.70. The van der Waals surface area contributed by atoms with Crippen LogP contribution in [0, 0.1) is 0 Å². The van der Waals surface area contributed by atoms with Crippen LogP contribution in [-0.4, -0.2) is 54.1 Å². The fourth-order valence-corrected chi connectivity index (χ4v) is 1.98. The summed E-state index contributed by atoms with van der Waals surface area (Å²) < 4.78 is 10.3. The smallest absolute Gasteiger partial charge is 0.329 e. The molecule has 0 heterocycles. The van der Waals surface area contributed by atoms with Crippen molar-refractivity contribution in [1.82, 2.24) is 4.90 Å². The molecule has 9 heteroatoms. The van der Waals surface area contributed by atoms with Crippen molar-refractivity contribution in [3.8, 4) is 11.5 Å². The maximum atomic E-state index is 12.5. The van der Waals surface area contributed by atoms with Gasteiger partial charge in [-0.25, -0.2) is 4.79 Å². The molecule has 0 saturated heterocycles. The summed E-state index contributed by atoms with van der Waals surface area (Å²) in [5.41, 5.74) is 3.70. The summed E-state index contributed by atoms with van der Waals surface area (Å²) >= 11 is 6.08. The van der Waals surface area contributed by atoms with E-state index >= 15 is 0 Å². The second-order valence-electron chi connectivity index (χ2n) is 5.47. The van der Waals surface area contributed by atoms with Gasteiger partial charge in [-0.05, 0) is 26.0 Å². The van der Waals surface area contributed by atoms with Crippen LogP contribution in [0.3, 0.4) is 0 Å². The van der Waals surface area contributed by atoms with E-state index in [0.29, 0.717) is 0 Å². The predicted octanol–water partition coefficient (Wildman–Crippen LogP) is 1.15. The minimum absolute atomic E-state index is 0.0282. The third-order valence-electron chi connectivity index (χ3n) is 3.50. The number of halogens is 1. The third kappa shape index (κ3) is 4.08. The summed E-state index contributed by atoms with van der Waals surface area (Å²) in [4.78, 5) is 35.7. The van der Waals surface area contributed by atoms with Gasteiger partial charge in [0.2, 0.25) is 0 Å². The van der Waals surface area contributed by atoms with Crippen LogP contribution in [0.4, 0.5) is 0 Å². The zero-order valence-corrected chi connectivity index (χ0v) is 14.5. The van der Waals surface area contributed by atoms with Crippen LogP contribution in [-0.2, 0) is 9.59 Å². The minimum atomic E-state index is -1.42. The molecule has 0 saturated carbocycles. The zero-order chi connectivity index (χ0) is 18.7. The SMILES string of the molecule is COc1cc(C(=O)N(C)C(C)(C)C(=O)O)cc(Cl)c1OCC(N)=O. The molecule has 132 valence electrons. The zero-order valence-electron chi connectivity index (χ0n) is 13.8. The van der Waals surface area contributed by atoms with Gasteiger partial charge in [0.05, 0.1) is 12.1 Å². The van der Waals surface area contributed by atoms with Gasteiger partial charge in [-0.3, -0.25) is 9.59 Å². The maximum absolute atomic E-state index is 12.5. The Hall–Kier alpha value is -2.48. The number of hydrogen-bond acceptors (Lipinski definition) is 5. The van der Waals surface area contributed by atoms with E-state index < -0.39 is 29.9 Å². The number of carbonyl (C=O) groups excluding carboxylic acids is 2. The van der Waals surface area contributed by atoms with Gasteiger partial charge in [-0.2, -0.15) is 0 Å². The fourth-order valence-electron chi connectivity index (χ4n) is 1.72. The molecule has 0 spiro atoms. The number of benzene rings is 1. The van der Waals surface area contributed by atoms with Gasteiger partial charge < -0.3 is 25.2 Å². The van der Waals surface area contributed by atoms with Crippen molar-refractivity contribution in [3.05, 3.63) is 22.7 Å². The van der Waals surface area contributed by atoms with Crippen LogP contribution in [0.5, 0.6) is 11.5 Å². The molecule has 0 fully saturated rings. The summed E-state index contributed by atoms with van der Waals surface area (Å²) in [6.07, 6.45) is 0. The van der Waals surface area contributed by atoms with Gasteiger partial charge in [0.1, 0.15) is 5.54 Å². The van der Waals surface area contributed by atoms with E-state index in [2.05, 4.69) is 0 Å². The van der Waals surface area contributed by atoms with Crippen LogP contribution in [0.1, 0.15) is 24.2 Å². The highest BCUT2D eigenvalue weighted by atomic mass is 35.5. The number of likely N-dealkylation sites (N-methyl/N-ethyl adjacent to an activating group) is 1. The molecule has 2 amide bonds. The Labute approximate surface area is 144 Å². The number of carboxylic acids is 1. The van der Waals surface area contributed by atoms with E-state index in [0.717, 1.165) is 4.90 Å². The number of ether oxygens (including phenoxy) is 2. The second-order valence-corrected chi connectivity index (χ2v) is 5.88. The number of carbonyl (C=O) groups is 3. The van der Waals surface area contributed by atoms with Crippen molar-refractivity contribution < 1.29 is 29.0 Å². The Morgan fingerprint density at radius 2 is 1.92 bits per heavy atom. The maximum Gasteiger partial charge on any atom is 0.329 e. The van der Waals surface area contributed by atoms with E-state index in [1.165, 1.54) is 40.1 Å². The Bertz CT molecular complexity index is 674. The number of rotatable bonds is 7. The number of methoxy groups -OCH3 is 1.